The van der Waals surface area contributed by atoms with Crippen molar-refractivity contribution in [3.63, 3.8) is 0 Å². The number of hydrogen-bond acceptors (Lipinski definition) is 7. The van der Waals surface area contributed by atoms with Gasteiger partial charge >= 0.3 is 35.4 Å². The molecule has 0 saturated carbocycles. The fourth-order valence-corrected chi connectivity index (χ4v) is 3.91. The Morgan fingerprint density at radius 1 is 1.28 bits per heavy atom. The molecule has 0 aromatic rings. The van der Waals surface area contributed by atoms with Crippen molar-refractivity contribution in [2.45, 2.75) is 58.0 Å². The zero-order valence-corrected chi connectivity index (χ0v) is 20.6. The molecule has 1 aliphatic heterocycles. The maximum absolute atomic E-state index is 12.7. The van der Waals surface area contributed by atoms with Gasteiger partial charge in [-0.05, 0) is 12.8 Å². The van der Waals surface area contributed by atoms with Crippen LogP contribution in [0.5, 0.6) is 0 Å². The first-order chi connectivity index (χ1) is 13.3. The first-order valence-electron chi connectivity index (χ1n) is 10.1. The van der Waals surface area contributed by atoms with E-state index < -0.39 is 22.0 Å². The molecular weight excluding hydrogens is 407 g/mol. The zero-order valence-electron chi connectivity index (χ0n) is 17.8. The third-order valence-electron chi connectivity index (χ3n) is 4.63. The number of allylic oxidation sites excluding steroid dienone is 2. The molecule has 2 N–H and O–H groups in total. The van der Waals surface area contributed by atoms with Crippen molar-refractivity contribution in [1.29, 1.82) is 0 Å². The summed E-state index contributed by atoms with van der Waals surface area (Å²) in [7, 11) is -4.54. The number of rotatable bonds is 15. The van der Waals surface area contributed by atoms with Crippen LogP contribution in [-0.2, 0) is 14.9 Å². The van der Waals surface area contributed by atoms with Crippen molar-refractivity contribution < 1.29 is 62.1 Å². The van der Waals surface area contributed by atoms with Crippen LogP contribution in [0.25, 0.3) is 0 Å². The molecular formula is C19H34N2NaO6S+. The van der Waals surface area contributed by atoms with Crippen LogP contribution in [0, 0.1) is 0 Å². The smallest absolute Gasteiger partial charge is 0.748 e. The number of aliphatic hydroxyl groups excluding tert-OH is 2. The number of ketones is 1. The Morgan fingerprint density at radius 3 is 2.59 bits per heavy atom. The molecule has 10 heteroatoms. The fraction of sp³-hybridized carbons (Fsp3) is 0.789. The van der Waals surface area contributed by atoms with E-state index in [4.69, 9.17) is 0 Å². The average Bonchev–Trinajstić information content (AvgIpc) is 2.98. The quantitative estimate of drug-likeness (QED) is 0.0947. The van der Waals surface area contributed by atoms with Gasteiger partial charge in [-0.1, -0.05) is 44.8 Å². The van der Waals surface area contributed by atoms with E-state index in [1.807, 2.05) is 12.2 Å². The topological polar surface area (TPSA) is 121 Å². The van der Waals surface area contributed by atoms with E-state index in [1.54, 1.807) is 9.48 Å². The molecule has 1 unspecified atom stereocenters. The van der Waals surface area contributed by atoms with Crippen molar-refractivity contribution in [3.05, 3.63) is 12.2 Å². The van der Waals surface area contributed by atoms with E-state index in [0.717, 1.165) is 12.8 Å². The largest absolute Gasteiger partial charge is 1.00 e. The monoisotopic (exact) mass is 441 g/mol. The van der Waals surface area contributed by atoms with Crippen LogP contribution in [0.2, 0.25) is 0 Å². The van der Waals surface area contributed by atoms with Gasteiger partial charge in [-0.25, -0.2) is 8.42 Å². The molecule has 1 heterocycles. The Kier molecular flexibility index (Phi) is 15.3. The number of aliphatic hydroxyl groups is 2. The standard InChI is InChI=1S/C19H34N2O6S.Na/c1-2-3-4-5-6-7-8-9-10-18(24)19-20(13-14-22)11-12-21(19)15-17(23)16-28(25,26)27;/h8-9,17,22-23H,2-7,10-16H2,1H3;/q;+1/b9-8+;. The van der Waals surface area contributed by atoms with Crippen molar-refractivity contribution in [1.82, 2.24) is 4.90 Å². The Labute approximate surface area is 196 Å². The van der Waals surface area contributed by atoms with Crippen LogP contribution in [0.4, 0.5) is 0 Å². The predicted octanol–water partition coefficient (Wildman–Crippen LogP) is -2.51. The Hall–Kier alpha value is -0.290. The number of amidine groups is 1. The molecule has 0 aromatic carbocycles. The van der Waals surface area contributed by atoms with E-state index in [-0.39, 0.29) is 61.5 Å². The van der Waals surface area contributed by atoms with E-state index in [2.05, 4.69) is 6.92 Å². The molecule has 0 spiro atoms. The summed E-state index contributed by atoms with van der Waals surface area (Å²) < 4.78 is 34.1. The molecule has 0 fully saturated rings. The Bertz CT molecular complexity index is 651. The van der Waals surface area contributed by atoms with Gasteiger partial charge in [0.1, 0.15) is 32.3 Å². The minimum Gasteiger partial charge on any atom is -0.748 e. The molecule has 162 valence electrons. The third-order valence-corrected chi connectivity index (χ3v) is 5.42. The minimum absolute atomic E-state index is 0. The van der Waals surface area contributed by atoms with Gasteiger partial charge in [-0.15, -0.1) is 0 Å². The summed E-state index contributed by atoms with van der Waals surface area (Å²) in [5.74, 6) is -0.669. The zero-order chi connectivity index (χ0) is 21.0. The van der Waals surface area contributed by atoms with Crippen molar-refractivity contribution in [2.24, 2.45) is 0 Å². The minimum atomic E-state index is -4.54. The van der Waals surface area contributed by atoms with Crippen LogP contribution in [0.3, 0.4) is 0 Å². The van der Waals surface area contributed by atoms with Gasteiger partial charge in [0.2, 0.25) is 5.78 Å². The molecule has 8 nitrogen and oxygen atoms in total. The number of hydrogen-bond donors (Lipinski definition) is 2. The second-order valence-electron chi connectivity index (χ2n) is 7.16. The summed E-state index contributed by atoms with van der Waals surface area (Å²) >= 11 is 0. The van der Waals surface area contributed by atoms with Crippen LogP contribution in [0.15, 0.2) is 12.2 Å². The molecule has 29 heavy (non-hydrogen) atoms. The molecule has 1 rings (SSSR count). The summed E-state index contributed by atoms with van der Waals surface area (Å²) in [6.07, 6.45) is 9.57. The van der Waals surface area contributed by atoms with Gasteiger partial charge in [0.15, 0.2) is 0 Å². The number of β-amino-alcohol motifs (C(OH)–C–C–N with tert-alkyl or cyclic N) is 2. The van der Waals surface area contributed by atoms with E-state index in [1.165, 1.54) is 25.7 Å². The van der Waals surface area contributed by atoms with Crippen molar-refractivity contribution in [3.8, 4) is 0 Å². The van der Waals surface area contributed by atoms with Gasteiger partial charge in [0, 0.05) is 6.42 Å². The molecule has 0 aliphatic carbocycles. The Morgan fingerprint density at radius 2 is 1.97 bits per heavy atom. The van der Waals surface area contributed by atoms with E-state index >= 15 is 0 Å². The summed E-state index contributed by atoms with van der Waals surface area (Å²) in [5.41, 5.74) is 0. The van der Waals surface area contributed by atoms with Gasteiger partial charge < -0.3 is 14.8 Å². The molecule has 0 saturated heterocycles. The molecule has 0 amide bonds. The normalized spacial score (nSPS) is 15.8. The van der Waals surface area contributed by atoms with Crippen LogP contribution < -0.4 is 29.6 Å². The third kappa shape index (κ3) is 12.2. The van der Waals surface area contributed by atoms with Gasteiger partial charge in [0.25, 0.3) is 0 Å². The number of unbranched alkanes of at least 4 members (excludes halogenated alkanes) is 5. The maximum Gasteiger partial charge on any atom is 1.00 e. The summed E-state index contributed by atoms with van der Waals surface area (Å²) in [4.78, 5) is 14.4. The summed E-state index contributed by atoms with van der Waals surface area (Å²) in [6.45, 7) is 3.17. The SMILES string of the molecule is CCCCCCC/C=C/CC(=O)C1=[N+](CC(O)CS(=O)(=O)[O-])CCN1CCO.[Na+]. The predicted molar refractivity (Wildman–Crippen MR) is 106 cm³/mol. The van der Waals surface area contributed by atoms with Crippen molar-refractivity contribution >= 4 is 21.7 Å². The summed E-state index contributed by atoms with van der Waals surface area (Å²) in [6, 6.07) is 0. The first-order valence-corrected chi connectivity index (χ1v) is 11.6. The first kappa shape index (κ1) is 28.7. The van der Waals surface area contributed by atoms with E-state index in [9.17, 15) is 28.0 Å². The number of nitrogens with zero attached hydrogens (tertiary/aromatic N) is 2. The second-order valence-corrected chi connectivity index (χ2v) is 8.61. The molecule has 0 aromatic heterocycles. The molecule has 0 radical (unpaired) electrons. The molecule has 0 bridgehead atoms. The van der Waals surface area contributed by atoms with Gasteiger partial charge in [-0.3, -0.25) is 14.3 Å². The molecule has 1 atom stereocenters. The number of carbonyl (C=O) groups excluding carboxylic acids is 1. The molecule has 1 aliphatic rings. The van der Waals surface area contributed by atoms with Crippen LogP contribution >= 0.6 is 0 Å². The van der Waals surface area contributed by atoms with Crippen molar-refractivity contribution in [2.75, 3.05) is 38.5 Å². The van der Waals surface area contributed by atoms with Gasteiger partial charge in [-0.2, -0.15) is 0 Å². The average molecular weight is 442 g/mol. The maximum atomic E-state index is 12.7. The second kappa shape index (κ2) is 15.5. The number of Topliss-reactive ketones (excluding diaryl/α,β-unsaturated/α-hetero) is 1. The van der Waals surface area contributed by atoms with Crippen LogP contribution in [-0.4, -0.2) is 88.9 Å². The van der Waals surface area contributed by atoms with Gasteiger partial charge in [0.05, 0.1) is 22.5 Å². The number of carbonyl (C=O) groups is 1. The Balaban J connectivity index is 0.00000784. The van der Waals surface area contributed by atoms with E-state index in [0.29, 0.717) is 18.9 Å². The van der Waals surface area contributed by atoms with Crippen LogP contribution in [0.1, 0.15) is 51.9 Å². The fourth-order valence-electron chi connectivity index (χ4n) is 3.33. The summed E-state index contributed by atoms with van der Waals surface area (Å²) in [5, 5.41) is 19.1.